The second kappa shape index (κ2) is 8.24. The molecule has 1 aliphatic rings. The number of aliphatic hydroxyl groups excluding tert-OH is 1. The zero-order valence-electron chi connectivity index (χ0n) is 16.5. The van der Waals surface area contributed by atoms with Crippen LogP contribution in [0.15, 0.2) is 53.3 Å². The number of H-pyrrole nitrogens is 1. The molecule has 150 valence electrons. The van der Waals surface area contributed by atoms with Crippen LogP contribution in [0, 0.1) is 11.3 Å². The fourth-order valence-corrected chi connectivity index (χ4v) is 4.49. The van der Waals surface area contributed by atoms with Crippen molar-refractivity contribution in [3.63, 3.8) is 0 Å². The minimum Gasteiger partial charge on any atom is -0.391 e. The monoisotopic (exact) mass is 390 g/mol. The third-order valence-electron chi connectivity index (χ3n) is 5.96. The van der Waals surface area contributed by atoms with Gasteiger partial charge in [-0.05, 0) is 56.4 Å². The lowest BCUT2D eigenvalue weighted by Gasteiger charge is -2.34. The van der Waals surface area contributed by atoms with E-state index in [-0.39, 0.29) is 17.8 Å². The van der Waals surface area contributed by atoms with Gasteiger partial charge in [0.1, 0.15) is 0 Å². The summed E-state index contributed by atoms with van der Waals surface area (Å²) in [6.45, 7) is 1.82. The highest BCUT2D eigenvalue weighted by Gasteiger charge is 2.28. The molecule has 2 unspecified atom stereocenters. The van der Waals surface area contributed by atoms with Gasteiger partial charge in [-0.1, -0.05) is 30.3 Å². The molecule has 1 heterocycles. The van der Waals surface area contributed by atoms with Crippen LogP contribution < -0.4 is 11.0 Å². The number of hydrogen-bond acceptors (Lipinski definition) is 4. The molecule has 1 aromatic heterocycles. The molecule has 0 bridgehead atoms. The molecule has 3 N–H and O–H groups in total. The van der Waals surface area contributed by atoms with Crippen LogP contribution in [0.4, 0.5) is 0 Å². The van der Waals surface area contributed by atoms with E-state index in [0.29, 0.717) is 17.1 Å². The van der Waals surface area contributed by atoms with Gasteiger partial charge in [0.15, 0.2) is 0 Å². The fourth-order valence-electron chi connectivity index (χ4n) is 4.49. The molecule has 3 aromatic rings. The Morgan fingerprint density at radius 1 is 1.17 bits per heavy atom. The molecular weight excluding hydrogens is 364 g/mol. The Morgan fingerprint density at radius 2 is 1.90 bits per heavy atom. The lowest BCUT2D eigenvalue weighted by molar-refractivity contribution is 0.130. The Kier molecular flexibility index (Phi) is 5.52. The number of nitrogens with one attached hydrogen (secondary N) is 2. The molecule has 0 saturated heterocycles. The van der Waals surface area contributed by atoms with E-state index in [4.69, 9.17) is 5.26 Å². The van der Waals surface area contributed by atoms with Crippen molar-refractivity contribution < 1.29 is 5.11 Å². The molecule has 0 radical (unpaired) electrons. The van der Waals surface area contributed by atoms with Crippen LogP contribution in [0.3, 0.4) is 0 Å². The maximum Gasteiger partial charge on any atom is 0.326 e. The molecule has 6 heteroatoms. The fraction of sp³-hybridized carbons (Fsp3) is 0.391. The van der Waals surface area contributed by atoms with Crippen molar-refractivity contribution >= 4 is 11.0 Å². The molecule has 6 nitrogen and oxygen atoms in total. The quantitative estimate of drug-likeness (QED) is 0.622. The van der Waals surface area contributed by atoms with E-state index in [2.05, 4.69) is 16.4 Å². The number of hydrogen-bond donors (Lipinski definition) is 3. The lowest BCUT2D eigenvalue weighted by Crippen LogP contribution is -2.41. The summed E-state index contributed by atoms with van der Waals surface area (Å²) in [6.07, 6.45) is 3.19. The number of aromatic amines is 1. The summed E-state index contributed by atoms with van der Waals surface area (Å²) in [5.41, 5.74) is 3.09. The van der Waals surface area contributed by atoms with Gasteiger partial charge >= 0.3 is 5.69 Å². The summed E-state index contributed by atoms with van der Waals surface area (Å²) in [6, 6.07) is 17.8. The molecular formula is C23H26N4O2. The molecule has 4 rings (SSSR count). The predicted molar refractivity (Wildman–Crippen MR) is 113 cm³/mol. The van der Waals surface area contributed by atoms with E-state index >= 15 is 0 Å². The van der Waals surface area contributed by atoms with Gasteiger partial charge in [-0.15, -0.1) is 0 Å². The van der Waals surface area contributed by atoms with Crippen molar-refractivity contribution in [3.8, 4) is 6.07 Å². The molecule has 2 atom stereocenters. The van der Waals surface area contributed by atoms with Gasteiger partial charge < -0.3 is 15.4 Å². The van der Waals surface area contributed by atoms with Crippen molar-refractivity contribution in [3.05, 3.63) is 70.1 Å². The van der Waals surface area contributed by atoms with E-state index < -0.39 is 6.10 Å². The van der Waals surface area contributed by atoms with Crippen LogP contribution in [-0.4, -0.2) is 26.8 Å². The predicted octanol–water partition coefficient (Wildman–Crippen LogP) is 3.40. The zero-order valence-corrected chi connectivity index (χ0v) is 16.5. The Hall–Kier alpha value is -2.88. The second-order valence-corrected chi connectivity index (χ2v) is 7.94. The highest BCUT2D eigenvalue weighted by atomic mass is 16.3. The largest absolute Gasteiger partial charge is 0.391 e. The van der Waals surface area contributed by atoms with E-state index in [1.807, 2.05) is 47.9 Å². The number of nitrogens with zero attached hydrogens (tertiary/aromatic N) is 2. The minimum atomic E-state index is -0.485. The number of aliphatic hydroxyl groups is 1. The molecule has 2 aromatic carbocycles. The Morgan fingerprint density at radius 3 is 2.55 bits per heavy atom. The van der Waals surface area contributed by atoms with Gasteiger partial charge in [0, 0.05) is 12.1 Å². The summed E-state index contributed by atoms with van der Waals surface area (Å²) < 4.78 is 1.84. The highest BCUT2D eigenvalue weighted by Crippen LogP contribution is 2.31. The van der Waals surface area contributed by atoms with Crippen LogP contribution in [0.5, 0.6) is 0 Å². The average Bonchev–Trinajstić information content (AvgIpc) is 3.07. The first-order chi connectivity index (χ1) is 14.1. The van der Waals surface area contributed by atoms with E-state index in [1.54, 1.807) is 12.1 Å². The summed E-state index contributed by atoms with van der Waals surface area (Å²) in [4.78, 5) is 15.4. The first-order valence-corrected chi connectivity index (χ1v) is 10.2. The number of benzene rings is 2. The van der Waals surface area contributed by atoms with Crippen molar-refractivity contribution in [2.45, 2.75) is 56.8 Å². The van der Waals surface area contributed by atoms with Crippen LogP contribution in [0.2, 0.25) is 0 Å². The lowest BCUT2D eigenvalue weighted by atomic mass is 9.89. The number of fused-ring (bicyclic) bond motifs is 1. The normalized spacial score (nSPS) is 21.6. The molecule has 1 aliphatic carbocycles. The summed E-state index contributed by atoms with van der Waals surface area (Å²) in [5.74, 6) is 0. The minimum absolute atomic E-state index is 0.0991. The van der Waals surface area contributed by atoms with Crippen molar-refractivity contribution in [2.24, 2.45) is 0 Å². The van der Waals surface area contributed by atoms with E-state index in [0.717, 1.165) is 36.8 Å². The summed E-state index contributed by atoms with van der Waals surface area (Å²) in [5, 5.41) is 23.0. The van der Waals surface area contributed by atoms with Crippen LogP contribution in [-0.2, 0) is 0 Å². The van der Waals surface area contributed by atoms with Gasteiger partial charge in [0.05, 0.1) is 34.8 Å². The van der Waals surface area contributed by atoms with Crippen molar-refractivity contribution in [1.82, 2.24) is 14.9 Å². The first kappa shape index (κ1) is 19.4. The maximum absolute atomic E-state index is 12.5. The first-order valence-electron chi connectivity index (χ1n) is 10.2. The molecule has 1 fully saturated rings. The van der Waals surface area contributed by atoms with Gasteiger partial charge in [-0.25, -0.2) is 4.79 Å². The number of nitriles is 1. The number of rotatable bonds is 5. The third-order valence-corrected chi connectivity index (χ3v) is 5.96. The highest BCUT2D eigenvalue weighted by molar-refractivity contribution is 5.77. The zero-order chi connectivity index (χ0) is 20.4. The van der Waals surface area contributed by atoms with Gasteiger partial charge in [-0.3, -0.25) is 4.57 Å². The van der Waals surface area contributed by atoms with Gasteiger partial charge in [-0.2, -0.15) is 5.26 Å². The Balaban J connectivity index is 1.47. The number of imidazole rings is 1. The summed E-state index contributed by atoms with van der Waals surface area (Å²) >= 11 is 0. The third kappa shape index (κ3) is 3.98. The summed E-state index contributed by atoms with van der Waals surface area (Å²) in [7, 11) is 0. The molecule has 29 heavy (non-hydrogen) atoms. The van der Waals surface area contributed by atoms with Crippen molar-refractivity contribution in [1.29, 1.82) is 5.26 Å². The smallest absolute Gasteiger partial charge is 0.326 e. The van der Waals surface area contributed by atoms with E-state index in [1.165, 1.54) is 0 Å². The average molecular weight is 390 g/mol. The number of aromatic nitrogens is 2. The SMILES string of the molecule is CC(O)C(N[C@H]1CC[C@H](n2c(=O)[nH]c3cc(C#N)ccc32)CC1)c1ccccc1. The van der Waals surface area contributed by atoms with Crippen molar-refractivity contribution in [2.75, 3.05) is 0 Å². The molecule has 1 saturated carbocycles. The topological polar surface area (TPSA) is 93.8 Å². The standard InChI is InChI=1S/C23H26N4O2/c1-15(28)22(17-5-3-2-4-6-17)25-18-8-10-19(11-9-18)27-21-12-7-16(14-24)13-20(21)26-23(27)29/h2-7,12-13,15,18-19,22,25,28H,8-11H2,1H3,(H,26,29)/t15?,18-,19-,22?. The van der Waals surface area contributed by atoms with E-state index in [9.17, 15) is 9.90 Å². The van der Waals surface area contributed by atoms with Gasteiger partial charge in [0.25, 0.3) is 0 Å². The molecule has 0 aliphatic heterocycles. The van der Waals surface area contributed by atoms with Crippen LogP contribution in [0.25, 0.3) is 11.0 Å². The Labute approximate surface area is 169 Å². The second-order valence-electron chi connectivity index (χ2n) is 7.94. The molecule has 0 amide bonds. The van der Waals surface area contributed by atoms with Gasteiger partial charge in [0.2, 0.25) is 0 Å². The van der Waals surface area contributed by atoms with Crippen LogP contribution in [0.1, 0.15) is 55.8 Å². The van der Waals surface area contributed by atoms with Crippen LogP contribution >= 0.6 is 0 Å². The molecule has 0 spiro atoms. The Bertz CT molecular complexity index is 1070. The maximum atomic E-state index is 12.5.